The summed E-state index contributed by atoms with van der Waals surface area (Å²) in [7, 11) is 0. The standard InChI is InChI=1S/C19H16N6O2/c1-12-7-8-13(2)15(9-12)23-18-17(25(26)27)19(21-10-20-18)24-11-22-14-5-3-4-6-16(14)24/h3-11H,1-2H3,(H,20,21,23). The lowest BCUT2D eigenvalue weighted by atomic mass is 10.1. The minimum absolute atomic E-state index is 0.136. The van der Waals surface area contributed by atoms with E-state index >= 15 is 0 Å². The predicted molar refractivity (Wildman–Crippen MR) is 103 cm³/mol. The SMILES string of the molecule is Cc1ccc(C)c(Nc2ncnc(-n3cnc4ccccc43)c2[N+](=O)[O-])c1. The largest absolute Gasteiger partial charge is 0.354 e. The van der Waals surface area contributed by atoms with Gasteiger partial charge in [-0.1, -0.05) is 24.3 Å². The molecule has 0 aliphatic rings. The second-order valence-electron chi connectivity index (χ2n) is 6.20. The Bertz CT molecular complexity index is 1170. The average Bonchev–Trinajstić information content (AvgIpc) is 3.08. The third-order valence-electron chi connectivity index (χ3n) is 4.31. The van der Waals surface area contributed by atoms with Gasteiger partial charge in [0.15, 0.2) is 0 Å². The molecule has 134 valence electrons. The first-order valence-electron chi connectivity index (χ1n) is 8.30. The van der Waals surface area contributed by atoms with Crippen molar-refractivity contribution in [3.63, 3.8) is 0 Å². The second-order valence-corrected chi connectivity index (χ2v) is 6.20. The van der Waals surface area contributed by atoms with Gasteiger partial charge in [-0.25, -0.2) is 15.0 Å². The van der Waals surface area contributed by atoms with Crippen molar-refractivity contribution in [1.82, 2.24) is 19.5 Å². The highest BCUT2D eigenvalue weighted by molar-refractivity contribution is 5.80. The maximum atomic E-state index is 11.9. The highest BCUT2D eigenvalue weighted by Gasteiger charge is 2.25. The Balaban J connectivity index is 1.88. The summed E-state index contributed by atoms with van der Waals surface area (Å²) >= 11 is 0. The first-order chi connectivity index (χ1) is 13.0. The van der Waals surface area contributed by atoms with Crippen LogP contribution in [-0.2, 0) is 0 Å². The number of fused-ring (bicyclic) bond motifs is 1. The molecule has 0 amide bonds. The third-order valence-corrected chi connectivity index (χ3v) is 4.31. The predicted octanol–water partition coefficient (Wildman–Crippen LogP) is 4.08. The van der Waals surface area contributed by atoms with Gasteiger partial charge < -0.3 is 5.32 Å². The number of nitro groups is 1. The van der Waals surface area contributed by atoms with Crippen LogP contribution in [0.4, 0.5) is 17.2 Å². The van der Waals surface area contributed by atoms with Crippen LogP contribution in [-0.4, -0.2) is 24.4 Å². The van der Waals surface area contributed by atoms with Crippen LogP contribution in [0.1, 0.15) is 11.1 Å². The molecule has 0 fully saturated rings. The first-order valence-corrected chi connectivity index (χ1v) is 8.30. The molecular formula is C19H16N6O2. The molecule has 2 heterocycles. The van der Waals surface area contributed by atoms with Gasteiger partial charge in [0.05, 0.1) is 16.0 Å². The maximum absolute atomic E-state index is 11.9. The van der Waals surface area contributed by atoms with Crippen LogP contribution < -0.4 is 5.32 Å². The molecule has 8 nitrogen and oxygen atoms in total. The summed E-state index contributed by atoms with van der Waals surface area (Å²) in [6.45, 7) is 3.89. The van der Waals surface area contributed by atoms with E-state index in [1.807, 2.05) is 56.3 Å². The van der Waals surface area contributed by atoms with Gasteiger partial charge in [-0.15, -0.1) is 0 Å². The fourth-order valence-electron chi connectivity index (χ4n) is 2.93. The zero-order valence-electron chi connectivity index (χ0n) is 14.7. The average molecular weight is 360 g/mol. The molecule has 0 bridgehead atoms. The fraction of sp³-hybridized carbons (Fsp3) is 0.105. The molecule has 4 aromatic rings. The lowest BCUT2D eigenvalue weighted by Crippen LogP contribution is -2.07. The third kappa shape index (κ3) is 2.97. The van der Waals surface area contributed by atoms with Crippen LogP contribution in [0, 0.1) is 24.0 Å². The lowest BCUT2D eigenvalue weighted by molar-refractivity contribution is -0.384. The number of nitrogens with zero attached hydrogens (tertiary/aromatic N) is 5. The van der Waals surface area contributed by atoms with E-state index in [4.69, 9.17) is 0 Å². The number of rotatable bonds is 4. The van der Waals surface area contributed by atoms with Gasteiger partial charge in [0.25, 0.3) is 0 Å². The van der Waals surface area contributed by atoms with Gasteiger partial charge in [0.2, 0.25) is 11.6 Å². The van der Waals surface area contributed by atoms with E-state index in [2.05, 4.69) is 20.3 Å². The monoisotopic (exact) mass is 360 g/mol. The van der Waals surface area contributed by atoms with Crippen LogP contribution >= 0.6 is 0 Å². The van der Waals surface area contributed by atoms with E-state index in [1.165, 1.54) is 12.7 Å². The summed E-state index contributed by atoms with van der Waals surface area (Å²) < 4.78 is 1.60. The molecule has 0 atom stereocenters. The van der Waals surface area contributed by atoms with Crippen molar-refractivity contribution in [1.29, 1.82) is 0 Å². The van der Waals surface area contributed by atoms with E-state index in [-0.39, 0.29) is 17.3 Å². The van der Waals surface area contributed by atoms with Gasteiger partial charge in [-0.3, -0.25) is 14.7 Å². The molecule has 2 aromatic heterocycles. The van der Waals surface area contributed by atoms with Crippen LogP contribution in [0.2, 0.25) is 0 Å². The van der Waals surface area contributed by atoms with Gasteiger partial charge >= 0.3 is 5.69 Å². The normalized spacial score (nSPS) is 10.9. The molecular weight excluding hydrogens is 344 g/mol. The van der Waals surface area contributed by atoms with E-state index < -0.39 is 4.92 Å². The molecule has 0 saturated carbocycles. The number of anilines is 2. The first kappa shape index (κ1) is 16.6. The number of hydrogen-bond donors (Lipinski definition) is 1. The molecule has 0 radical (unpaired) electrons. The molecule has 0 spiro atoms. The molecule has 0 aliphatic carbocycles. The van der Waals surface area contributed by atoms with E-state index in [0.29, 0.717) is 0 Å². The Morgan fingerprint density at radius 3 is 2.70 bits per heavy atom. The molecule has 0 unspecified atom stereocenters. The van der Waals surface area contributed by atoms with Crippen LogP contribution in [0.5, 0.6) is 0 Å². The molecule has 0 aliphatic heterocycles. The number of nitrogens with one attached hydrogen (secondary N) is 1. The van der Waals surface area contributed by atoms with E-state index in [1.54, 1.807) is 4.57 Å². The molecule has 8 heteroatoms. The van der Waals surface area contributed by atoms with Crippen molar-refractivity contribution in [3.05, 3.63) is 76.4 Å². The summed E-state index contributed by atoms with van der Waals surface area (Å²) in [6.07, 6.45) is 2.84. The van der Waals surface area contributed by atoms with Crippen LogP contribution in [0.3, 0.4) is 0 Å². The summed E-state index contributed by atoms with van der Waals surface area (Å²) in [4.78, 5) is 24.0. The number of imidazole rings is 1. The maximum Gasteiger partial charge on any atom is 0.354 e. The van der Waals surface area contributed by atoms with E-state index in [0.717, 1.165) is 27.8 Å². The molecule has 1 N–H and O–H groups in total. The number of hydrogen-bond acceptors (Lipinski definition) is 6. The van der Waals surface area contributed by atoms with Gasteiger partial charge in [0, 0.05) is 5.69 Å². The van der Waals surface area contributed by atoms with Crippen LogP contribution in [0.25, 0.3) is 16.9 Å². The highest BCUT2D eigenvalue weighted by atomic mass is 16.6. The Morgan fingerprint density at radius 1 is 1.07 bits per heavy atom. The smallest absolute Gasteiger partial charge is 0.334 e. The van der Waals surface area contributed by atoms with Gasteiger partial charge in [0.1, 0.15) is 12.7 Å². The summed E-state index contributed by atoms with van der Waals surface area (Å²) in [5, 5.41) is 15.0. The summed E-state index contributed by atoms with van der Waals surface area (Å²) in [5.74, 6) is 0.299. The number of aryl methyl sites for hydroxylation is 2. The van der Waals surface area contributed by atoms with Crippen molar-refractivity contribution in [2.45, 2.75) is 13.8 Å². The van der Waals surface area contributed by atoms with Crippen molar-refractivity contribution >= 4 is 28.2 Å². The number of benzene rings is 2. The molecule has 27 heavy (non-hydrogen) atoms. The minimum atomic E-state index is -0.475. The topological polar surface area (TPSA) is 98.8 Å². The lowest BCUT2D eigenvalue weighted by Gasteiger charge is -2.12. The number of aromatic nitrogens is 4. The van der Waals surface area contributed by atoms with E-state index in [9.17, 15) is 10.1 Å². The molecule has 0 saturated heterocycles. The van der Waals surface area contributed by atoms with Crippen molar-refractivity contribution in [2.24, 2.45) is 0 Å². The quantitative estimate of drug-likeness (QED) is 0.435. The highest BCUT2D eigenvalue weighted by Crippen LogP contribution is 2.32. The van der Waals surface area contributed by atoms with Gasteiger partial charge in [-0.05, 0) is 43.2 Å². The molecule has 4 rings (SSSR count). The Labute approximate surface area is 154 Å². The second kappa shape index (κ2) is 6.49. The zero-order chi connectivity index (χ0) is 19.0. The fourth-order valence-corrected chi connectivity index (χ4v) is 2.93. The Hall–Kier alpha value is -3.81. The Morgan fingerprint density at radius 2 is 1.89 bits per heavy atom. The Kier molecular flexibility index (Phi) is 4.00. The van der Waals surface area contributed by atoms with Crippen LogP contribution in [0.15, 0.2) is 55.1 Å². The summed E-state index contributed by atoms with van der Waals surface area (Å²) in [5.41, 5.74) is 4.02. The minimum Gasteiger partial charge on any atom is -0.334 e. The summed E-state index contributed by atoms with van der Waals surface area (Å²) in [6, 6.07) is 13.3. The van der Waals surface area contributed by atoms with Gasteiger partial charge in [-0.2, -0.15) is 0 Å². The van der Waals surface area contributed by atoms with Crippen molar-refractivity contribution in [3.8, 4) is 5.82 Å². The molecule has 2 aromatic carbocycles. The van der Waals surface area contributed by atoms with Crippen molar-refractivity contribution < 1.29 is 4.92 Å². The zero-order valence-corrected chi connectivity index (χ0v) is 14.7. The number of para-hydroxylation sites is 2. The van der Waals surface area contributed by atoms with Crippen molar-refractivity contribution in [2.75, 3.05) is 5.32 Å².